The molecule has 0 radical (unpaired) electrons. The van der Waals surface area contributed by atoms with E-state index in [1.165, 1.54) is 0 Å². The maximum Gasteiger partial charge on any atom is 0.347 e. The largest absolute Gasteiger partial charge is 0.479 e. The van der Waals surface area contributed by atoms with Gasteiger partial charge < -0.3 is 24.4 Å². The summed E-state index contributed by atoms with van der Waals surface area (Å²) in [4.78, 5) is 25.0. The second-order valence-electron chi connectivity index (χ2n) is 11.1. The number of para-hydroxylation sites is 1. The summed E-state index contributed by atoms with van der Waals surface area (Å²) in [5, 5.41) is 20.5. The van der Waals surface area contributed by atoms with Crippen molar-refractivity contribution in [2.24, 2.45) is 17.8 Å². The number of carbonyl (C=O) groups excluding carboxylic acids is 2. The first kappa shape index (κ1) is 27.4. The number of allylic oxidation sites excluding steroid dienone is 2. The zero-order chi connectivity index (χ0) is 26.7. The zero-order valence-corrected chi connectivity index (χ0v) is 22.2. The van der Waals surface area contributed by atoms with Crippen molar-refractivity contribution in [3.8, 4) is 5.75 Å². The van der Waals surface area contributed by atoms with Crippen molar-refractivity contribution < 1.29 is 34.0 Å². The van der Waals surface area contributed by atoms with Crippen LogP contribution in [0.25, 0.3) is 0 Å². The molecule has 1 fully saturated rings. The first-order chi connectivity index (χ1) is 17.6. The number of hydrogen-bond acceptors (Lipinski definition) is 7. The normalized spacial score (nSPS) is 32.2. The summed E-state index contributed by atoms with van der Waals surface area (Å²) in [6.45, 7) is 7.99. The van der Waals surface area contributed by atoms with Crippen LogP contribution in [0.1, 0.15) is 71.3 Å². The Hall–Kier alpha value is -2.64. The standard InChI is InChI=1S/C30H40O7/c1-17(2)24-7-5-6-8-26(24)35-19(4)30(34)37-27-15-21(31)13-20-10-9-18(3)25(29(20)27)12-11-23-14-22(32)16-28(33)36-23/h5-10,13,17-19,21-23,25,27,29,31-32H,11-12,14-16H2,1-4H3/t18?,19-,21?,22+,23+,25?,27?,29?/m0/s1. The fourth-order valence-corrected chi connectivity index (χ4v) is 5.95. The van der Waals surface area contributed by atoms with Gasteiger partial charge in [0, 0.05) is 18.8 Å². The Bertz CT molecular complexity index is 1030. The molecule has 3 aliphatic rings. The van der Waals surface area contributed by atoms with Crippen LogP contribution in [0.3, 0.4) is 0 Å². The Morgan fingerprint density at radius 3 is 2.62 bits per heavy atom. The van der Waals surface area contributed by atoms with Gasteiger partial charge in [-0.3, -0.25) is 4.79 Å². The quantitative estimate of drug-likeness (QED) is 0.496. The molecule has 1 heterocycles. The summed E-state index contributed by atoms with van der Waals surface area (Å²) in [5.74, 6) is 0.381. The number of benzene rings is 1. The Kier molecular flexibility index (Phi) is 8.75. The Morgan fingerprint density at radius 1 is 1.14 bits per heavy atom. The lowest BCUT2D eigenvalue weighted by atomic mass is 9.66. The maximum absolute atomic E-state index is 13.2. The van der Waals surface area contributed by atoms with Crippen molar-refractivity contribution in [3.63, 3.8) is 0 Å². The molecule has 5 unspecified atom stereocenters. The van der Waals surface area contributed by atoms with Crippen LogP contribution in [0.2, 0.25) is 0 Å². The van der Waals surface area contributed by atoms with E-state index in [1.807, 2.05) is 36.4 Å². The van der Waals surface area contributed by atoms with Crippen molar-refractivity contribution in [3.05, 3.63) is 53.6 Å². The molecule has 37 heavy (non-hydrogen) atoms. The van der Waals surface area contributed by atoms with Gasteiger partial charge in [-0.05, 0) is 54.7 Å². The third kappa shape index (κ3) is 6.63. The Balaban J connectivity index is 1.46. The van der Waals surface area contributed by atoms with Gasteiger partial charge in [0.1, 0.15) is 18.0 Å². The average Bonchev–Trinajstić information content (AvgIpc) is 2.83. The predicted molar refractivity (Wildman–Crippen MR) is 139 cm³/mol. The number of aliphatic hydroxyl groups is 2. The molecule has 0 spiro atoms. The van der Waals surface area contributed by atoms with Crippen molar-refractivity contribution in [2.45, 2.75) is 96.2 Å². The first-order valence-electron chi connectivity index (χ1n) is 13.5. The van der Waals surface area contributed by atoms with E-state index in [9.17, 15) is 19.8 Å². The number of carbonyl (C=O) groups is 2. The van der Waals surface area contributed by atoms with E-state index in [4.69, 9.17) is 14.2 Å². The van der Waals surface area contributed by atoms with Gasteiger partial charge in [-0.15, -0.1) is 0 Å². The number of ether oxygens (including phenoxy) is 3. The highest BCUT2D eigenvalue weighted by atomic mass is 16.6. The van der Waals surface area contributed by atoms with E-state index in [2.05, 4.69) is 26.8 Å². The first-order valence-corrected chi connectivity index (χ1v) is 13.5. The van der Waals surface area contributed by atoms with Gasteiger partial charge in [0.25, 0.3) is 0 Å². The molecular formula is C30H40O7. The zero-order valence-electron chi connectivity index (χ0n) is 22.2. The fraction of sp³-hybridized carbons (Fsp3) is 0.600. The highest BCUT2D eigenvalue weighted by molar-refractivity contribution is 5.75. The Morgan fingerprint density at radius 2 is 1.89 bits per heavy atom. The maximum atomic E-state index is 13.2. The summed E-state index contributed by atoms with van der Waals surface area (Å²) in [6, 6.07) is 7.70. The highest BCUT2D eigenvalue weighted by Crippen LogP contribution is 2.44. The molecule has 202 valence electrons. The van der Waals surface area contributed by atoms with Gasteiger partial charge >= 0.3 is 11.9 Å². The lowest BCUT2D eigenvalue weighted by Gasteiger charge is -2.43. The molecule has 7 nitrogen and oxygen atoms in total. The van der Waals surface area contributed by atoms with E-state index in [1.54, 1.807) is 6.92 Å². The minimum Gasteiger partial charge on any atom is -0.479 e. The van der Waals surface area contributed by atoms with Gasteiger partial charge in [0.15, 0.2) is 6.10 Å². The predicted octanol–water partition coefficient (Wildman–Crippen LogP) is 4.47. The van der Waals surface area contributed by atoms with Gasteiger partial charge in [0.05, 0.1) is 18.6 Å². The summed E-state index contributed by atoms with van der Waals surface area (Å²) in [7, 11) is 0. The lowest BCUT2D eigenvalue weighted by molar-refractivity contribution is -0.164. The van der Waals surface area contributed by atoms with Crippen LogP contribution in [-0.4, -0.2) is 52.7 Å². The second-order valence-corrected chi connectivity index (χ2v) is 11.1. The summed E-state index contributed by atoms with van der Waals surface area (Å²) in [5.41, 5.74) is 2.00. The molecular weight excluding hydrogens is 472 g/mol. The van der Waals surface area contributed by atoms with Crippen LogP contribution in [0.5, 0.6) is 5.75 Å². The van der Waals surface area contributed by atoms with Crippen LogP contribution in [0.4, 0.5) is 0 Å². The molecule has 0 bridgehead atoms. The van der Waals surface area contributed by atoms with E-state index < -0.39 is 30.4 Å². The smallest absolute Gasteiger partial charge is 0.347 e. The van der Waals surface area contributed by atoms with Gasteiger partial charge in [0.2, 0.25) is 0 Å². The fourth-order valence-electron chi connectivity index (χ4n) is 5.95. The minimum atomic E-state index is -0.801. The number of rotatable bonds is 8. The van der Waals surface area contributed by atoms with E-state index >= 15 is 0 Å². The van der Waals surface area contributed by atoms with Crippen molar-refractivity contribution in [1.29, 1.82) is 0 Å². The third-order valence-corrected chi connectivity index (χ3v) is 7.87. The van der Waals surface area contributed by atoms with Gasteiger partial charge in [-0.25, -0.2) is 4.79 Å². The van der Waals surface area contributed by atoms with Crippen LogP contribution >= 0.6 is 0 Å². The highest BCUT2D eigenvalue weighted by Gasteiger charge is 2.43. The average molecular weight is 513 g/mol. The van der Waals surface area contributed by atoms with Crippen molar-refractivity contribution >= 4 is 11.9 Å². The topological polar surface area (TPSA) is 102 Å². The molecule has 0 amide bonds. The number of esters is 2. The minimum absolute atomic E-state index is 0.0480. The molecule has 8 atom stereocenters. The van der Waals surface area contributed by atoms with Crippen LogP contribution < -0.4 is 4.74 Å². The monoisotopic (exact) mass is 512 g/mol. The molecule has 2 aliphatic carbocycles. The molecule has 4 rings (SSSR count). The number of aliphatic hydroxyl groups excluding tert-OH is 2. The summed E-state index contributed by atoms with van der Waals surface area (Å²) >= 11 is 0. The van der Waals surface area contributed by atoms with Crippen LogP contribution in [0.15, 0.2) is 48.1 Å². The van der Waals surface area contributed by atoms with Gasteiger partial charge in [-0.1, -0.05) is 57.2 Å². The lowest BCUT2D eigenvalue weighted by Crippen LogP contribution is -2.44. The molecule has 2 N–H and O–H groups in total. The van der Waals surface area contributed by atoms with Crippen LogP contribution in [0, 0.1) is 17.8 Å². The van der Waals surface area contributed by atoms with E-state index in [0.717, 1.165) is 17.6 Å². The van der Waals surface area contributed by atoms with E-state index in [-0.39, 0.29) is 42.2 Å². The molecule has 0 aromatic heterocycles. The molecule has 1 saturated heterocycles. The number of cyclic esters (lactones) is 1. The SMILES string of the molecule is CC(C)c1ccccc1O[C@@H](C)C(=O)OC1CC(O)C=C2C=CC(C)C(CC[C@@H]3C[C@@H](O)CC(=O)O3)C21. The number of hydrogen-bond donors (Lipinski definition) is 2. The second kappa shape index (κ2) is 11.8. The summed E-state index contributed by atoms with van der Waals surface area (Å²) in [6.07, 6.45) is 5.23. The molecule has 1 aromatic rings. The molecule has 7 heteroatoms. The number of fused-ring (bicyclic) bond motifs is 1. The third-order valence-electron chi connectivity index (χ3n) is 7.87. The molecule has 0 saturated carbocycles. The van der Waals surface area contributed by atoms with E-state index in [0.29, 0.717) is 25.0 Å². The van der Waals surface area contributed by atoms with Gasteiger partial charge in [-0.2, -0.15) is 0 Å². The molecule has 1 aromatic carbocycles. The summed E-state index contributed by atoms with van der Waals surface area (Å²) < 4.78 is 17.5. The van der Waals surface area contributed by atoms with Crippen molar-refractivity contribution in [1.82, 2.24) is 0 Å². The Labute approximate surface area is 219 Å². The molecule has 1 aliphatic heterocycles. The van der Waals surface area contributed by atoms with Crippen molar-refractivity contribution in [2.75, 3.05) is 0 Å². The van der Waals surface area contributed by atoms with Crippen LogP contribution in [-0.2, 0) is 19.1 Å².